The largest absolute Gasteiger partial charge is 0.463 e. The van der Waals surface area contributed by atoms with E-state index < -0.39 is 36.2 Å². The van der Waals surface area contributed by atoms with Gasteiger partial charge in [-0.05, 0) is 20.8 Å². The number of hydrogen-bond acceptors (Lipinski definition) is 11. The molecule has 0 saturated carbocycles. The van der Waals surface area contributed by atoms with Crippen molar-refractivity contribution in [3.05, 3.63) is 36.5 Å². The van der Waals surface area contributed by atoms with Crippen LogP contribution in [-0.2, 0) is 38.1 Å². The van der Waals surface area contributed by atoms with Gasteiger partial charge < -0.3 is 34.3 Å². The topological polar surface area (TPSA) is 156 Å². The Morgan fingerprint density at radius 1 is 0.778 bits per heavy atom. The third-order valence-corrected chi connectivity index (χ3v) is 4.88. The summed E-state index contributed by atoms with van der Waals surface area (Å²) in [5.41, 5.74) is 0.684. The van der Waals surface area contributed by atoms with Gasteiger partial charge in [-0.1, -0.05) is 19.7 Å². The molecule has 0 saturated heterocycles. The van der Waals surface area contributed by atoms with Crippen LogP contribution in [0.2, 0.25) is 0 Å². The minimum absolute atomic E-state index is 0.000874. The van der Waals surface area contributed by atoms with E-state index in [-0.39, 0.29) is 67.7 Å². The van der Waals surface area contributed by atoms with E-state index in [0.717, 1.165) is 0 Å². The zero-order chi connectivity index (χ0) is 27.5. The van der Waals surface area contributed by atoms with Gasteiger partial charge in [-0.3, -0.25) is 0 Å². The average Bonchev–Trinajstić information content (AvgIpc) is 2.82. The summed E-state index contributed by atoms with van der Waals surface area (Å²) in [6.45, 7) is 14.9. The molecule has 0 fully saturated rings. The molecule has 1 atom stereocenters. The lowest BCUT2D eigenvalue weighted by atomic mass is 10.4. The van der Waals surface area contributed by atoms with Crippen LogP contribution in [0.5, 0.6) is 0 Å². The van der Waals surface area contributed by atoms with Crippen LogP contribution < -0.4 is 10.6 Å². The molecule has 0 bridgehead atoms. The number of ether oxygens (including phenoxy) is 5. The first-order chi connectivity index (χ1) is 17.0. The van der Waals surface area contributed by atoms with Gasteiger partial charge in [-0.25, -0.2) is 24.0 Å². The molecule has 202 valence electrons. The van der Waals surface area contributed by atoms with E-state index in [1.165, 1.54) is 25.6 Å². The van der Waals surface area contributed by atoms with Crippen LogP contribution in [0, 0.1) is 0 Å². The minimum atomic E-state index is -0.880. The van der Waals surface area contributed by atoms with E-state index in [2.05, 4.69) is 30.4 Å². The zero-order valence-corrected chi connectivity index (χ0v) is 21.7. The van der Waals surface area contributed by atoms with Crippen molar-refractivity contribution >= 4 is 41.9 Å². The van der Waals surface area contributed by atoms with Gasteiger partial charge in [0.05, 0.1) is 19.7 Å². The molecule has 0 radical (unpaired) electrons. The Labute approximate surface area is 214 Å². The summed E-state index contributed by atoms with van der Waals surface area (Å²) in [5.74, 6) is -1.33. The Kier molecular flexibility index (Phi) is 17.0. The fraction of sp³-hybridized carbons (Fsp3) is 0.522. The summed E-state index contributed by atoms with van der Waals surface area (Å²) in [5, 5.41) is 4.80. The van der Waals surface area contributed by atoms with E-state index in [1.54, 1.807) is 6.92 Å². The van der Waals surface area contributed by atoms with Crippen molar-refractivity contribution in [1.29, 1.82) is 0 Å². The van der Waals surface area contributed by atoms with Crippen molar-refractivity contribution in [3.63, 3.8) is 0 Å². The smallest absolute Gasteiger partial charge is 0.407 e. The van der Waals surface area contributed by atoms with E-state index in [0.29, 0.717) is 0 Å². The number of thioether (sulfide) groups is 1. The highest BCUT2D eigenvalue weighted by molar-refractivity contribution is 7.99. The van der Waals surface area contributed by atoms with Crippen molar-refractivity contribution in [2.75, 3.05) is 51.0 Å². The number of amides is 2. The lowest BCUT2D eigenvalue weighted by Crippen LogP contribution is -2.37. The fourth-order valence-corrected chi connectivity index (χ4v) is 2.88. The highest BCUT2D eigenvalue weighted by atomic mass is 32.2. The van der Waals surface area contributed by atoms with Gasteiger partial charge in [0.2, 0.25) is 0 Å². The monoisotopic (exact) mass is 530 g/mol. The molecule has 0 aliphatic heterocycles. The highest BCUT2D eigenvalue weighted by Gasteiger charge is 2.19. The van der Waals surface area contributed by atoms with Gasteiger partial charge in [0, 0.05) is 28.2 Å². The molecule has 0 aliphatic rings. The maximum atomic E-state index is 12.1. The molecular formula is C23H34N2O10S. The number of rotatable bonds is 17. The van der Waals surface area contributed by atoms with Gasteiger partial charge in [-0.2, -0.15) is 11.8 Å². The van der Waals surface area contributed by atoms with E-state index in [4.69, 9.17) is 23.7 Å². The Bertz CT molecular complexity index is 828. The molecule has 13 heteroatoms. The summed E-state index contributed by atoms with van der Waals surface area (Å²) < 4.78 is 24.9. The maximum Gasteiger partial charge on any atom is 0.407 e. The van der Waals surface area contributed by atoms with Crippen molar-refractivity contribution in [2.24, 2.45) is 0 Å². The number of carbonyl (C=O) groups is 5. The summed E-state index contributed by atoms with van der Waals surface area (Å²) in [6, 6.07) is 0. The van der Waals surface area contributed by atoms with Gasteiger partial charge in [0.1, 0.15) is 25.9 Å². The Morgan fingerprint density at radius 3 is 1.81 bits per heavy atom. The molecule has 0 spiro atoms. The van der Waals surface area contributed by atoms with Gasteiger partial charge in [0.15, 0.2) is 0 Å². The lowest BCUT2D eigenvalue weighted by molar-refractivity contribution is -0.139. The third kappa shape index (κ3) is 16.2. The molecule has 0 aliphatic carbocycles. The van der Waals surface area contributed by atoms with Crippen LogP contribution in [0.15, 0.2) is 36.5 Å². The number of carbonyl (C=O) groups excluding carboxylic acids is 5. The van der Waals surface area contributed by atoms with Gasteiger partial charge in [-0.15, -0.1) is 0 Å². The summed E-state index contributed by atoms with van der Waals surface area (Å²) in [4.78, 5) is 58.3. The van der Waals surface area contributed by atoms with Crippen molar-refractivity contribution < 1.29 is 47.7 Å². The predicted molar refractivity (Wildman–Crippen MR) is 132 cm³/mol. The second kappa shape index (κ2) is 18.8. The van der Waals surface area contributed by atoms with Crippen LogP contribution in [-0.4, -0.2) is 87.2 Å². The van der Waals surface area contributed by atoms with Crippen LogP contribution in [0.4, 0.5) is 9.59 Å². The van der Waals surface area contributed by atoms with Crippen LogP contribution >= 0.6 is 11.8 Å². The quantitative estimate of drug-likeness (QED) is 0.123. The zero-order valence-electron chi connectivity index (χ0n) is 20.8. The summed E-state index contributed by atoms with van der Waals surface area (Å²) in [7, 11) is 0. The standard InChI is InChI=1S/C23H34N2O10S/c1-7-31-21(28)17(6)13-36-14-18(35-23(30)25-9-11-33-20(27)16(4)5)12-34-22(29)24-8-10-32-19(26)15(2)3/h18H,2,4,6-14H2,1,3,5H3,(H,24,29)(H,25,30)/t18-/m1/s1. The van der Waals surface area contributed by atoms with Gasteiger partial charge in [0.25, 0.3) is 0 Å². The molecule has 0 aromatic rings. The second-order valence-corrected chi connectivity index (χ2v) is 8.18. The summed E-state index contributed by atoms with van der Waals surface area (Å²) >= 11 is 1.22. The first kappa shape index (κ1) is 32.5. The molecule has 0 unspecified atom stereocenters. The normalized spacial score (nSPS) is 10.8. The average molecular weight is 531 g/mol. The number of hydrogen-bond donors (Lipinski definition) is 2. The molecule has 36 heavy (non-hydrogen) atoms. The Morgan fingerprint density at radius 2 is 1.31 bits per heavy atom. The minimum Gasteiger partial charge on any atom is -0.463 e. The van der Waals surface area contributed by atoms with Crippen LogP contribution in [0.1, 0.15) is 20.8 Å². The second-order valence-electron chi connectivity index (χ2n) is 7.15. The van der Waals surface area contributed by atoms with E-state index >= 15 is 0 Å². The number of alkyl carbamates (subject to hydrolysis) is 2. The molecule has 0 aromatic heterocycles. The summed E-state index contributed by atoms with van der Waals surface area (Å²) in [6.07, 6.45) is -2.52. The first-order valence-electron chi connectivity index (χ1n) is 10.9. The molecule has 0 aromatic carbocycles. The molecule has 0 heterocycles. The van der Waals surface area contributed by atoms with Gasteiger partial charge >= 0.3 is 30.1 Å². The molecule has 12 nitrogen and oxygen atoms in total. The molecule has 2 N–H and O–H groups in total. The van der Waals surface area contributed by atoms with Crippen molar-refractivity contribution in [1.82, 2.24) is 10.6 Å². The van der Waals surface area contributed by atoms with Crippen LogP contribution in [0.25, 0.3) is 0 Å². The predicted octanol–water partition coefficient (Wildman–Crippen LogP) is 1.90. The Hall–Kier alpha value is -3.48. The maximum absolute atomic E-state index is 12.1. The van der Waals surface area contributed by atoms with Crippen molar-refractivity contribution in [3.8, 4) is 0 Å². The molecular weight excluding hydrogens is 496 g/mol. The van der Waals surface area contributed by atoms with E-state index in [9.17, 15) is 24.0 Å². The SMILES string of the molecule is C=C(C)C(=O)OCCNC(=O)OC[C@H](CSCC(=C)C(=O)OCC)OC(=O)NCCOC(=O)C(=C)C. The number of esters is 3. The van der Waals surface area contributed by atoms with Crippen molar-refractivity contribution in [2.45, 2.75) is 26.9 Å². The third-order valence-electron chi connectivity index (χ3n) is 3.72. The van der Waals surface area contributed by atoms with Crippen LogP contribution in [0.3, 0.4) is 0 Å². The molecule has 2 amide bonds. The highest BCUT2D eigenvalue weighted by Crippen LogP contribution is 2.12. The molecule has 0 rings (SSSR count). The lowest BCUT2D eigenvalue weighted by Gasteiger charge is -2.18. The Balaban J connectivity index is 4.63. The fourth-order valence-electron chi connectivity index (χ4n) is 1.97. The number of nitrogens with one attached hydrogen (secondary N) is 2. The first-order valence-corrected chi connectivity index (χ1v) is 12.1. The van der Waals surface area contributed by atoms with E-state index in [1.807, 2.05) is 0 Å².